The lowest BCUT2D eigenvalue weighted by atomic mass is 10.2. The first-order chi connectivity index (χ1) is 6.58. The van der Waals surface area contributed by atoms with E-state index in [1.807, 2.05) is 30.3 Å². The molecule has 14 heavy (non-hydrogen) atoms. The second-order valence-corrected chi connectivity index (χ2v) is 4.60. The standard InChI is InChI=1S/C8H10O4S2/c9-14(10,11)12-13-7-6-8-4-2-1-3-5-8/h1-5H,6-7H2,(H,9,10,11). The predicted molar refractivity (Wildman–Crippen MR) is 55.2 cm³/mol. The van der Waals surface area contributed by atoms with Crippen molar-refractivity contribution in [2.24, 2.45) is 0 Å². The first-order valence-electron chi connectivity index (χ1n) is 3.90. The van der Waals surface area contributed by atoms with E-state index < -0.39 is 10.4 Å². The van der Waals surface area contributed by atoms with Gasteiger partial charge in [-0.15, -0.1) is 0 Å². The molecule has 1 aromatic carbocycles. The van der Waals surface area contributed by atoms with Crippen LogP contribution >= 0.6 is 12.0 Å². The summed E-state index contributed by atoms with van der Waals surface area (Å²) in [7, 11) is -4.32. The minimum atomic E-state index is -4.32. The Morgan fingerprint density at radius 1 is 1.29 bits per heavy atom. The van der Waals surface area contributed by atoms with Gasteiger partial charge in [0.1, 0.15) is 0 Å². The highest BCUT2D eigenvalue weighted by Gasteiger charge is 2.04. The molecule has 0 fully saturated rings. The number of benzene rings is 1. The van der Waals surface area contributed by atoms with Crippen LogP contribution in [-0.4, -0.2) is 18.7 Å². The fourth-order valence-electron chi connectivity index (χ4n) is 0.899. The maximum absolute atomic E-state index is 10.2. The molecule has 0 atom stereocenters. The van der Waals surface area contributed by atoms with E-state index in [1.54, 1.807) is 0 Å². The van der Waals surface area contributed by atoms with Gasteiger partial charge >= 0.3 is 10.4 Å². The Hall–Kier alpha value is -0.560. The lowest BCUT2D eigenvalue weighted by Crippen LogP contribution is -1.98. The number of rotatable bonds is 5. The molecule has 6 heteroatoms. The van der Waals surface area contributed by atoms with E-state index in [1.165, 1.54) is 0 Å². The van der Waals surface area contributed by atoms with Crippen molar-refractivity contribution >= 4 is 22.4 Å². The molecule has 0 saturated carbocycles. The van der Waals surface area contributed by atoms with Crippen LogP contribution in [0.2, 0.25) is 0 Å². The van der Waals surface area contributed by atoms with Gasteiger partial charge in [-0.25, -0.2) is 0 Å². The molecule has 0 saturated heterocycles. The number of hydrogen-bond acceptors (Lipinski definition) is 4. The monoisotopic (exact) mass is 234 g/mol. The predicted octanol–water partition coefficient (Wildman–Crippen LogP) is 1.70. The van der Waals surface area contributed by atoms with Crippen LogP contribution in [0.3, 0.4) is 0 Å². The Kier molecular flexibility index (Phi) is 4.40. The highest BCUT2D eigenvalue weighted by molar-refractivity contribution is 8.02. The van der Waals surface area contributed by atoms with E-state index in [-0.39, 0.29) is 0 Å². The van der Waals surface area contributed by atoms with Crippen LogP contribution in [-0.2, 0) is 20.4 Å². The third-order valence-electron chi connectivity index (χ3n) is 1.45. The van der Waals surface area contributed by atoms with Crippen LogP contribution in [0.5, 0.6) is 0 Å². The summed E-state index contributed by atoms with van der Waals surface area (Å²) in [6.45, 7) is 0. The van der Waals surface area contributed by atoms with Crippen molar-refractivity contribution in [3.63, 3.8) is 0 Å². The lowest BCUT2D eigenvalue weighted by molar-refractivity contribution is 0.407. The molecule has 1 aromatic rings. The normalized spacial score (nSPS) is 11.5. The summed E-state index contributed by atoms with van der Waals surface area (Å²) in [6, 6.07) is 9.60. The average Bonchev–Trinajstić information content (AvgIpc) is 2.13. The van der Waals surface area contributed by atoms with E-state index in [0.717, 1.165) is 17.6 Å². The molecule has 0 aliphatic carbocycles. The van der Waals surface area contributed by atoms with Gasteiger partial charge in [-0.3, -0.25) is 4.55 Å². The Bertz CT molecular complexity index is 360. The van der Waals surface area contributed by atoms with Gasteiger partial charge in [-0.1, -0.05) is 30.3 Å². The molecule has 0 unspecified atom stereocenters. The van der Waals surface area contributed by atoms with Crippen LogP contribution in [0.4, 0.5) is 0 Å². The van der Waals surface area contributed by atoms with E-state index >= 15 is 0 Å². The van der Waals surface area contributed by atoms with Gasteiger partial charge in [0.2, 0.25) is 0 Å². The number of aryl methyl sites for hydroxylation is 1. The third-order valence-corrected chi connectivity index (χ3v) is 2.89. The van der Waals surface area contributed by atoms with Crippen molar-refractivity contribution in [3.05, 3.63) is 35.9 Å². The molecule has 78 valence electrons. The zero-order chi connectivity index (χ0) is 10.4. The maximum atomic E-state index is 10.2. The minimum absolute atomic E-state index is 0.476. The summed E-state index contributed by atoms with van der Waals surface area (Å²) in [5.74, 6) is 0.476. The molecule has 0 radical (unpaired) electrons. The maximum Gasteiger partial charge on any atom is 0.408 e. The van der Waals surface area contributed by atoms with Crippen LogP contribution in [0.15, 0.2) is 30.3 Å². The van der Waals surface area contributed by atoms with Gasteiger partial charge < -0.3 is 0 Å². The molecule has 1 N–H and O–H groups in total. The molecule has 0 amide bonds. The summed E-state index contributed by atoms with van der Waals surface area (Å²) in [5.41, 5.74) is 1.10. The van der Waals surface area contributed by atoms with Crippen LogP contribution in [0, 0.1) is 0 Å². The van der Waals surface area contributed by atoms with Crippen molar-refractivity contribution < 1.29 is 16.6 Å². The van der Waals surface area contributed by atoms with Crippen LogP contribution < -0.4 is 0 Å². The zero-order valence-electron chi connectivity index (χ0n) is 7.29. The summed E-state index contributed by atoms with van der Waals surface area (Å²) < 4.78 is 32.6. The summed E-state index contributed by atoms with van der Waals surface area (Å²) >= 11 is 0.717. The second-order valence-electron chi connectivity index (χ2n) is 2.55. The summed E-state index contributed by atoms with van der Waals surface area (Å²) in [5, 5.41) is 0. The lowest BCUT2D eigenvalue weighted by Gasteiger charge is -1.99. The summed E-state index contributed by atoms with van der Waals surface area (Å²) in [6.07, 6.45) is 0.695. The van der Waals surface area contributed by atoms with E-state index in [2.05, 4.69) is 3.63 Å². The van der Waals surface area contributed by atoms with Crippen molar-refractivity contribution in [1.29, 1.82) is 0 Å². The molecule has 0 bridgehead atoms. The van der Waals surface area contributed by atoms with E-state index in [0.29, 0.717) is 12.2 Å². The highest BCUT2D eigenvalue weighted by atomic mass is 32.3. The molecule has 0 aliphatic rings. The van der Waals surface area contributed by atoms with Gasteiger partial charge in [0, 0.05) is 17.8 Å². The first kappa shape index (κ1) is 11.5. The van der Waals surface area contributed by atoms with Gasteiger partial charge in [-0.2, -0.15) is 12.0 Å². The van der Waals surface area contributed by atoms with E-state index in [4.69, 9.17) is 4.55 Å². The molecular weight excluding hydrogens is 224 g/mol. The third kappa shape index (κ3) is 5.23. The van der Waals surface area contributed by atoms with Crippen LogP contribution in [0.25, 0.3) is 0 Å². The number of hydrogen-bond donors (Lipinski definition) is 1. The Morgan fingerprint density at radius 3 is 2.50 bits per heavy atom. The first-order valence-corrected chi connectivity index (χ1v) is 6.18. The van der Waals surface area contributed by atoms with Gasteiger partial charge in [-0.05, 0) is 12.0 Å². The largest absolute Gasteiger partial charge is 0.408 e. The topological polar surface area (TPSA) is 63.6 Å². The average molecular weight is 234 g/mol. The van der Waals surface area contributed by atoms with Crippen LogP contribution in [0.1, 0.15) is 5.56 Å². The molecule has 0 spiro atoms. The van der Waals surface area contributed by atoms with E-state index in [9.17, 15) is 8.42 Å². The Labute approximate surface area is 87.4 Å². The second kappa shape index (κ2) is 5.35. The molecule has 4 nitrogen and oxygen atoms in total. The smallest absolute Gasteiger partial charge is 0.263 e. The van der Waals surface area contributed by atoms with Crippen molar-refractivity contribution in [2.45, 2.75) is 6.42 Å². The molecule has 0 aromatic heterocycles. The highest BCUT2D eigenvalue weighted by Crippen LogP contribution is 2.10. The fourth-order valence-corrected chi connectivity index (χ4v) is 1.98. The molecule has 1 rings (SSSR count). The van der Waals surface area contributed by atoms with Crippen molar-refractivity contribution in [3.8, 4) is 0 Å². The fraction of sp³-hybridized carbons (Fsp3) is 0.250. The quantitative estimate of drug-likeness (QED) is 0.477. The molecule has 0 heterocycles. The van der Waals surface area contributed by atoms with Crippen molar-refractivity contribution in [1.82, 2.24) is 0 Å². The summed E-state index contributed by atoms with van der Waals surface area (Å²) in [4.78, 5) is 0. The minimum Gasteiger partial charge on any atom is -0.263 e. The Balaban J connectivity index is 2.23. The van der Waals surface area contributed by atoms with Gasteiger partial charge in [0.05, 0.1) is 0 Å². The van der Waals surface area contributed by atoms with Gasteiger partial charge in [0.25, 0.3) is 0 Å². The Morgan fingerprint density at radius 2 is 1.93 bits per heavy atom. The molecule has 0 aliphatic heterocycles. The zero-order valence-corrected chi connectivity index (χ0v) is 8.92. The SMILES string of the molecule is O=S(=O)(O)OSCCc1ccccc1. The van der Waals surface area contributed by atoms with Gasteiger partial charge in [0.15, 0.2) is 0 Å². The molecular formula is C8H10O4S2. The van der Waals surface area contributed by atoms with Crippen molar-refractivity contribution in [2.75, 3.05) is 5.75 Å².